The molecule has 3 aromatic carbocycles. The normalized spacial score (nSPS) is 37.6. The predicted octanol–water partition coefficient (Wildman–Crippen LogP) is -4.73. The summed E-state index contributed by atoms with van der Waals surface area (Å²) in [6, 6.07) is 9.89. The number of hydrogen-bond acceptors (Lipinski definition) is 28. The third-order valence-corrected chi connectivity index (χ3v) is 13.1. The molecule has 1 unspecified atom stereocenters. The number of phenols is 4. The Morgan fingerprint density at radius 2 is 1.13 bits per heavy atom. The second-order valence-electron chi connectivity index (χ2n) is 18.4. The number of aliphatic hydroxyl groups excluding tert-OH is 13. The van der Waals surface area contributed by atoms with Crippen LogP contribution in [0.2, 0.25) is 0 Å². The lowest BCUT2D eigenvalue weighted by Gasteiger charge is -2.43. The minimum atomic E-state index is -2.07. The summed E-state index contributed by atoms with van der Waals surface area (Å²) >= 11 is 0. The molecule has 21 atom stereocenters. The van der Waals surface area contributed by atoms with Gasteiger partial charge in [-0.15, -0.1) is 0 Å². The van der Waals surface area contributed by atoms with E-state index in [1.165, 1.54) is 37.3 Å². The molecular weight excluding hydrogens is 1020 g/mol. The number of esters is 1. The minimum Gasteiger partial charge on any atom is -0.508 e. The van der Waals surface area contributed by atoms with Crippen LogP contribution in [0.4, 0.5) is 0 Å². The topological polar surface area (TPSA) is 453 Å². The van der Waals surface area contributed by atoms with E-state index in [4.69, 9.17) is 47.4 Å². The highest BCUT2D eigenvalue weighted by Crippen LogP contribution is 2.48. The lowest BCUT2D eigenvalue weighted by atomic mass is 9.98. The first-order chi connectivity index (χ1) is 36.0. The largest absolute Gasteiger partial charge is 0.508 e. The van der Waals surface area contributed by atoms with E-state index < -0.39 is 183 Å². The molecule has 28 heteroatoms. The highest BCUT2D eigenvalue weighted by molar-refractivity contribution is 5.87. The smallest absolute Gasteiger partial charge is 0.330 e. The zero-order chi connectivity index (χ0) is 55.0. The summed E-state index contributed by atoms with van der Waals surface area (Å²) in [6.07, 6.45) is -33.4. The van der Waals surface area contributed by atoms with Gasteiger partial charge >= 0.3 is 5.97 Å². The Balaban J connectivity index is 1.07. The molecule has 0 saturated carbocycles. The van der Waals surface area contributed by atoms with Crippen LogP contribution in [0.5, 0.6) is 40.2 Å². The summed E-state index contributed by atoms with van der Waals surface area (Å²) in [5, 5.41) is 180. The molecule has 0 bridgehead atoms. The highest BCUT2D eigenvalue weighted by Gasteiger charge is 2.50. The summed E-state index contributed by atoms with van der Waals surface area (Å²) in [5.41, 5.74) is 0.113. The van der Waals surface area contributed by atoms with E-state index in [-0.39, 0.29) is 28.4 Å². The van der Waals surface area contributed by atoms with Gasteiger partial charge in [-0.05, 0) is 48.9 Å². The van der Waals surface area contributed by atoms with Crippen LogP contribution in [-0.2, 0) is 38.0 Å². The van der Waals surface area contributed by atoms with Gasteiger partial charge in [-0.1, -0.05) is 12.1 Å². The first kappa shape index (κ1) is 56.5. The second kappa shape index (κ2) is 23.5. The van der Waals surface area contributed by atoms with Crippen molar-refractivity contribution in [3.63, 3.8) is 0 Å². The fraction of sp³-hybridized carbons (Fsp3) is 0.521. The Hall–Kier alpha value is -5.71. The van der Waals surface area contributed by atoms with Crippen molar-refractivity contribution in [3.8, 4) is 40.2 Å². The van der Waals surface area contributed by atoms with Gasteiger partial charge in [0.05, 0.1) is 24.9 Å². The Morgan fingerprint density at radius 1 is 0.579 bits per heavy atom. The third kappa shape index (κ3) is 11.9. The molecule has 17 N–H and O–H groups in total. The van der Waals surface area contributed by atoms with E-state index in [0.717, 1.165) is 36.4 Å². The van der Waals surface area contributed by atoms with Gasteiger partial charge in [-0.2, -0.15) is 0 Å². The maximum Gasteiger partial charge on any atom is 0.330 e. The number of phenolic OH excluding ortho intramolecular Hbond substituents is 4. The first-order valence-electron chi connectivity index (χ1n) is 23.5. The number of fused-ring (bicyclic) bond motifs is 1. The van der Waals surface area contributed by atoms with Crippen LogP contribution in [-0.4, -0.2) is 235 Å². The molecule has 418 valence electrons. The standard InChI is InChI=1S/C48H58O28/c1-16-31(54)36(59)40(63)45(69-16)68-15-29-35(58)39(62)43(66)48(76-29)73-26-12-21-22(51)10-20(70-46-41(64)38(61)34(57)28(75-46)14-67-30(53)7-4-17-2-5-19(50)6-3-17)11-24(21)71-44(26)18-8-23(52)32(55)25(9-18)72-47-42(65)37(60)33(56)27(13-49)74-47/h2-12,16,27-29,31,33-52,54-66H,13-15H2,1H3/b7-4+/t16-,27+,28-,29+,31-,33+,34+,35+,36-,37-,38-,39-,40-,41+,42+,43+,44?,45+,46+,47+,48+/m0/s1. The molecule has 0 amide bonds. The third-order valence-electron chi connectivity index (χ3n) is 13.1. The average Bonchev–Trinajstić information content (AvgIpc) is 3.40. The predicted molar refractivity (Wildman–Crippen MR) is 245 cm³/mol. The average molecular weight is 1080 g/mol. The molecule has 28 nitrogen and oxygen atoms in total. The van der Waals surface area contributed by atoms with Gasteiger partial charge < -0.3 is 134 Å². The summed E-state index contributed by atoms with van der Waals surface area (Å²) in [4.78, 5) is 12.5. The summed E-state index contributed by atoms with van der Waals surface area (Å²) < 4.78 is 57.0. The maximum absolute atomic E-state index is 12.5. The van der Waals surface area contributed by atoms with Crippen molar-refractivity contribution in [2.24, 2.45) is 0 Å². The molecule has 5 aliphatic heterocycles. The summed E-state index contributed by atoms with van der Waals surface area (Å²) in [6.45, 7) is -0.824. The van der Waals surface area contributed by atoms with Crippen molar-refractivity contribution in [1.82, 2.24) is 0 Å². The zero-order valence-corrected chi connectivity index (χ0v) is 39.7. The molecule has 5 aliphatic rings. The van der Waals surface area contributed by atoms with E-state index in [1.807, 2.05) is 0 Å². The van der Waals surface area contributed by atoms with Crippen molar-refractivity contribution in [1.29, 1.82) is 0 Å². The maximum atomic E-state index is 12.5. The monoisotopic (exact) mass is 1080 g/mol. The molecular formula is C48H58O28. The van der Waals surface area contributed by atoms with E-state index in [9.17, 15) is 91.6 Å². The Labute approximate surface area is 429 Å². The van der Waals surface area contributed by atoms with Gasteiger partial charge in [0.1, 0.15) is 127 Å². The number of aromatic hydroxyl groups is 4. The Kier molecular flexibility index (Phi) is 17.5. The summed E-state index contributed by atoms with van der Waals surface area (Å²) in [5.74, 6) is -5.15. The van der Waals surface area contributed by atoms with Crippen molar-refractivity contribution >= 4 is 18.1 Å². The van der Waals surface area contributed by atoms with Crippen LogP contribution < -0.4 is 14.2 Å². The van der Waals surface area contributed by atoms with Gasteiger partial charge in [0.15, 0.2) is 23.9 Å². The van der Waals surface area contributed by atoms with E-state index >= 15 is 0 Å². The number of hydrogen-bond donors (Lipinski definition) is 17. The van der Waals surface area contributed by atoms with Gasteiger partial charge in [0.2, 0.25) is 24.6 Å². The van der Waals surface area contributed by atoms with Gasteiger partial charge in [-0.25, -0.2) is 4.79 Å². The number of rotatable bonds is 15. The molecule has 3 aromatic rings. The second-order valence-corrected chi connectivity index (χ2v) is 18.4. The molecule has 0 spiro atoms. The molecule has 4 saturated heterocycles. The van der Waals surface area contributed by atoms with Crippen molar-refractivity contribution in [2.75, 3.05) is 19.8 Å². The number of benzene rings is 3. The lowest BCUT2D eigenvalue weighted by molar-refractivity contribution is -0.324. The van der Waals surface area contributed by atoms with Crippen molar-refractivity contribution in [3.05, 3.63) is 77.1 Å². The fourth-order valence-corrected chi connectivity index (χ4v) is 8.65. The molecule has 8 rings (SSSR count). The number of ether oxygens (including phenoxy) is 10. The molecule has 0 aliphatic carbocycles. The number of aliphatic hydroxyl groups is 13. The van der Waals surface area contributed by atoms with Crippen LogP contribution in [0.3, 0.4) is 0 Å². The van der Waals surface area contributed by atoms with Gasteiger partial charge in [0.25, 0.3) is 0 Å². The number of carbonyl (C=O) groups is 1. The quantitative estimate of drug-likeness (QED) is 0.0386. The van der Waals surface area contributed by atoms with Crippen LogP contribution in [0.25, 0.3) is 12.2 Å². The molecule has 76 heavy (non-hydrogen) atoms. The van der Waals surface area contributed by atoms with Crippen LogP contribution in [0.15, 0.2) is 60.4 Å². The van der Waals surface area contributed by atoms with Crippen LogP contribution in [0, 0.1) is 0 Å². The molecule has 0 aromatic heterocycles. The molecule has 0 radical (unpaired) electrons. The zero-order valence-electron chi connectivity index (χ0n) is 39.7. The van der Waals surface area contributed by atoms with Crippen molar-refractivity contribution in [2.45, 2.75) is 136 Å². The first-order valence-corrected chi connectivity index (χ1v) is 23.5. The van der Waals surface area contributed by atoms with E-state index in [0.29, 0.717) is 5.56 Å². The number of carbonyl (C=O) groups excluding carboxylic acids is 1. The van der Waals surface area contributed by atoms with Crippen molar-refractivity contribution < 1.29 is 139 Å². The highest BCUT2D eigenvalue weighted by atomic mass is 16.7. The van der Waals surface area contributed by atoms with E-state index in [2.05, 4.69) is 0 Å². The van der Waals surface area contributed by atoms with Crippen LogP contribution in [0.1, 0.15) is 29.7 Å². The Morgan fingerprint density at radius 3 is 1.76 bits per heavy atom. The van der Waals surface area contributed by atoms with Crippen LogP contribution >= 0.6 is 0 Å². The minimum absolute atomic E-state index is 0.0000381. The molecule has 4 fully saturated rings. The lowest BCUT2D eigenvalue weighted by Crippen LogP contribution is -2.61. The Bertz CT molecular complexity index is 2540. The SMILES string of the molecule is C[C@@H]1O[C@@H](OC[C@H]2O[C@@H](OC3=Cc4c(O)cc(O[C@@H]5O[C@@H](COC(=O)/C=C/c6ccc(O)cc6)[C@@H](O)[C@H](O)[C@H]5O)cc4OC3c3cc(O)c(O)c(O[C@@H]4O[C@H](CO)[C@@H](O)[C@H](O)[C@H]4O)c3)[C@H](O)[C@@H](O)[C@@H]2O)[C@@H](O)[C@@H](O)[C@H]1O. The van der Waals surface area contributed by atoms with Gasteiger partial charge in [0, 0.05) is 23.8 Å². The van der Waals surface area contributed by atoms with E-state index in [1.54, 1.807) is 0 Å². The summed E-state index contributed by atoms with van der Waals surface area (Å²) in [7, 11) is 0. The fourth-order valence-electron chi connectivity index (χ4n) is 8.65. The molecule has 5 heterocycles. The van der Waals surface area contributed by atoms with Gasteiger partial charge in [-0.3, -0.25) is 0 Å².